The van der Waals surface area contributed by atoms with Gasteiger partial charge in [0.15, 0.2) is 0 Å². The zero-order valence-corrected chi connectivity index (χ0v) is 10.3. The van der Waals surface area contributed by atoms with Crippen molar-refractivity contribution in [3.8, 4) is 0 Å². The second-order valence-electron chi connectivity index (χ2n) is 4.99. The Balaban J connectivity index is 2.26. The normalized spacial score (nSPS) is 22.9. The highest BCUT2D eigenvalue weighted by Gasteiger charge is 2.20. The minimum Gasteiger partial charge on any atom is -0.306 e. The van der Waals surface area contributed by atoms with E-state index in [4.69, 9.17) is 0 Å². The van der Waals surface area contributed by atoms with Crippen molar-refractivity contribution in [3.63, 3.8) is 0 Å². The van der Waals surface area contributed by atoms with Crippen molar-refractivity contribution < 1.29 is 0 Å². The van der Waals surface area contributed by atoms with Crippen LogP contribution in [0.2, 0.25) is 0 Å². The Morgan fingerprint density at radius 3 is 2.43 bits per heavy atom. The van der Waals surface area contributed by atoms with Crippen molar-refractivity contribution in [3.05, 3.63) is 0 Å². The Hall–Kier alpha value is -0.0800. The first-order valence-electron chi connectivity index (χ1n) is 6.02. The van der Waals surface area contributed by atoms with E-state index in [-0.39, 0.29) is 0 Å². The number of rotatable bonds is 4. The third-order valence-corrected chi connectivity index (χ3v) is 3.61. The average molecular weight is 198 g/mol. The lowest BCUT2D eigenvalue weighted by Crippen LogP contribution is -2.43. The zero-order chi connectivity index (χ0) is 10.6. The maximum absolute atomic E-state index is 2.57. The minimum absolute atomic E-state index is 0.834. The van der Waals surface area contributed by atoms with Crippen molar-refractivity contribution in [1.82, 2.24) is 9.80 Å². The van der Waals surface area contributed by atoms with E-state index in [0.29, 0.717) is 0 Å². The molecule has 1 aliphatic rings. The largest absolute Gasteiger partial charge is 0.306 e. The van der Waals surface area contributed by atoms with Crippen LogP contribution < -0.4 is 0 Å². The van der Waals surface area contributed by atoms with Crippen molar-refractivity contribution in [2.24, 2.45) is 5.92 Å². The molecule has 0 N–H and O–H groups in total. The molecule has 1 aliphatic heterocycles. The summed E-state index contributed by atoms with van der Waals surface area (Å²) in [5, 5.41) is 0. The van der Waals surface area contributed by atoms with Gasteiger partial charge in [0.2, 0.25) is 0 Å². The molecule has 1 heterocycles. The smallest absolute Gasteiger partial charge is 0.0117 e. The lowest BCUT2D eigenvalue weighted by atomic mass is 10.0. The highest BCUT2D eigenvalue weighted by atomic mass is 15.2. The molecule has 1 unspecified atom stereocenters. The van der Waals surface area contributed by atoms with Crippen molar-refractivity contribution in [2.45, 2.75) is 39.2 Å². The quantitative estimate of drug-likeness (QED) is 0.682. The van der Waals surface area contributed by atoms with Crippen LogP contribution in [0.3, 0.4) is 0 Å². The van der Waals surface area contributed by atoms with Gasteiger partial charge in [-0.1, -0.05) is 20.3 Å². The minimum atomic E-state index is 0.834. The molecule has 0 bridgehead atoms. The second kappa shape index (κ2) is 5.72. The standard InChI is InChI=1S/C12H26N2/c1-5-11(2)10-14(4)12-6-8-13(3)9-7-12/h11-12H,5-10H2,1-4H3. The summed E-state index contributed by atoms with van der Waals surface area (Å²) < 4.78 is 0. The van der Waals surface area contributed by atoms with E-state index in [1.54, 1.807) is 0 Å². The lowest BCUT2D eigenvalue weighted by molar-refractivity contribution is 0.131. The summed E-state index contributed by atoms with van der Waals surface area (Å²) in [5.74, 6) is 0.847. The molecule has 2 heteroatoms. The van der Waals surface area contributed by atoms with Gasteiger partial charge < -0.3 is 9.80 Å². The topological polar surface area (TPSA) is 6.48 Å². The number of likely N-dealkylation sites (tertiary alicyclic amines) is 1. The SMILES string of the molecule is CCC(C)CN(C)C1CCN(C)CC1. The summed E-state index contributed by atoms with van der Waals surface area (Å²) >= 11 is 0. The molecular weight excluding hydrogens is 172 g/mol. The lowest BCUT2D eigenvalue weighted by Gasteiger charge is -2.36. The molecule has 0 aliphatic carbocycles. The Kier molecular flexibility index (Phi) is 4.90. The summed E-state index contributed by atoms with van der Waals surface area (Å²) in [6, 6.07) is 0.834. The van der Waals surface area contributed by atoms with Gasteiger partial charge >= 0.3 is 0 Å². The van der Waals surface area contributed by atoms with E-state index in [9.17, 15) is 0 Å². The first kappa shape index (κ1) is 12.0. The van der Waals surface area contributed by atoms with E-state index < -0.39 is 0 Å². The van der Waals surface area contributed by atoms with Gasteiger partial charge in [0.1, 0.15) is 0 Å². The summed E-state index contributed by atoms with van der Waals surface area (Å²) in [4.78, 5) is 5.01. The molecule has 0 spiro atoms. The summed E-state index contributed by atoms with van der Waals surface area (Å²) in [7, 11) is 4.52. The van der Waals surface area contributed by atoms with Crippen LogP contribution in [0.1, 0.15) is 33.1 Å². The van der Waals surface area contributed by atoms with Crippen LogP contribution >= 0.6 is 0 Å². The molecule has 1 fully saturated rings. The molecule has 1 rings (SSSR count). The molecule has 0 aromatic rings. The van der Waals surface area contributed by atoms with Crippen LogP contribution in [-0.2, 0) is 0 Å². The molecule has 0 aromatic carbocycles. The molecule has 1 saturated heterocycles. The maximum atomic E-state index is 2.57. The predicted octanol–water partition coefficient (Wildman–Crippen LogP) is 2.06. The Labute approximate surface area is 89.3 Å². The Bertz CT molecular complexity index is 150. The summed E-state index contributed by atoms with van der Waals surface area (Å²) in [6.45, 7) is 8.45. The molecule has 14 heavy (non-hydrogen) atoms. The molecule has 0 saturated carbocycles. The van der Waals surface area contributed by atoms with Gasteiger partial charge in [0.25, 0.3) is 0 Å². The van der Waals surface area contributed by atoms with E-state index in [1.807, 2.05) is 0 Å². The van der Waals surface area contributed by atoms with Crippen LogP contribution in [0.25, 0.3) is 0 Å². The van der Waals surface area contributed by atoms with Crippen molar-refractivity contribution >= 4 is 0 Å². The van der Waals surface area contributed by atoms with E-state index >= 15 is 0 Å². The number of nitrogens with zero attached hydrogens (tertiary/aromatic N) is 2. The third kappa shape index (κ3) is 3.58. The number of hydrogen-bond donors (Lipinski definition) is 0. The van der Waals surface area contributed by atoms with Crippen LogP contribution in [0, 0.1) is 5.92 Å². The van der Waals surface area contributed by atoms with Gasteiger partial charge in [-0.2, -0.15) is 0 Å². The van der Waals surface area contributed by atoms with Crippen LogP contribution in [0.5, 0.6) is 0 Å². The molecule has 0 amide bonds. The fourth-order valence-corrected chi connectivity index (χ4v) is 2.21. The van der Waals surface area contributed by atoms with Gasteiger partial charge in [-0.25, -0.2) is 0 Å². The fraction of sp³-hybridized carbons (Fsp3) is 1.00. The van der Waals surface area contributed by atoms with Gasteiger partial charge in [-0.15, -0.1) is 0 Å². The number of hydrogen-bond acceptors (Lipinski definition) is 2. The molecule has 1 atom stereocenters. The van der Waals surface area contributed by atoms with Gasteiger partial charge in [0, 0.05) is 12.6 Å². The van der Waals surface area contributed by atoms with Gasteiger partial charge in [-0.3, -0.25) is 0 Å². The monoisotopic (exact) mass is 198 g/mol. The summed E-state index contributed by atoms with van der Waals surface area (Å²) in [6.07, 6.45) is 4.00. The van der Waals surface area contributed by atoms with E-state index in [1.165, 1.54) is 38.9 Å². The van der Waals surface area contributed by atoms with E-state index in [2.05, 4.69) is 37.7 Å². The number of piperidine rings is 1. The van der Waals surface area contributed by atoms with Crippen LogP contribution in [-0.4, -0.2) is 49.6 Å². The van der Waals surface area contributed by atoms with Crippen LogP contribution in [0.4, 0.5) is 0 Å². The van der Waals surface area contributed by atoms with Crippen molar-refractivity contribution in [1.29, 1.82) is 0 Å². The maximum Gasteiger partial charge on any atom is 0.0117 e. The molecule has 2 nitrogen and oxygen atoms in total. The van der Waals surface area contributed by atoms with E-state index in [0.717, 1.165) is 12.0 Å². The first-order chi connectivity index (χ1) is 6.63. The van der Waals surface area contributed by atoms with Gasteiger partial charge in [0.05, 0.1) is 0 Å². The molecular formula is C12H26N2. The van der Waals surface area contributed by atoms with Crippen molar-refractivity contribution in [2.75, 3.05) is 33.7 Å². The molecule has 0 aromatic heterocycles. The second-order valence-corrected chi connectivity index (χ2v) is 4.99. The third-order valence-electron chi connectivity index (χ3n) is 3.61. The Morgan fingerprint density at radius 2 is 1.93 bits per heavy atom. The Morgan fingerprint density at radius 1 is 1.36 bits per heavy atom. The molecule has 84 valence electrons. The predicted molar refractivity (Wildman–Crippen MR) is 62.6 cm³/mol. The highest BCUT2D eigenvalue weighted by molar-refractivity contribution is 4.77. The fourth-order valence-electron chi connectivity index (χ4n) is 2.21. The highest BCUT2D eigenvalue weighted by Crippen LogP contribution is 2.15. The average Bonchev–Trinajstić information content (AvgIpc) is 2.18. The summed E-state index contributed by atoms with van der Waals surface area (Å²) in [5.41, 5.74) is 0. The van der Waals surface area contributed by atoms with Gasteiger partial charge in [-0.05, 0) is 45.9 Å². The first-order valence-corrected chi connectivity index (χ1v) is 6.02. The van der Waals surface area contributed by atoms with Crippen LogP contribution in [0.15, 0.2) is 0 Å². The molecule has 0 radical (unpaired) electrons. The zero-order valence-electron chi connectivity index (χ0n) is 10.3.